The van der Waals surface area contributed by atoms with E-state index in [0.717, 1.165) is 23.6 Å². The van der Waals surface area contributed by atoms with Crippen molar-refractivity contribution in [3.05, 3.63) is 34.9 Å². The van der Waals surface area contributed by atoms with E-state index in [1.54, 1.807) is 0 Å². The lowest BCUT2D eigenvalue weighted by Crippen LogP contribution is -2.33. The summed E-state index contributed by atoms with van der Waals surface area (Å²) in [6.45, 7) is 6.96. The van der Waals surface area contributed by atoms with Crippen LogP contribution >= 0.6 is 23.4 Å². The van der Waals surface area contributed by atoms with Gasteiger partial charge in [0.05, 0.1) is 12.0 Å². The SMILES string of the molecule is CC(C)(C)C1CCC(C#N)C(SCc2ccccc2Cl)C1. The Kier molecular flexibility index (Phi) is 5.63. The third-order valence-electron chi connectivity index (χ3n) is 4.59. The van der Waals surface area contributed by atoms with Gasteiger partial charge in [0.15, 0.2) is 0 Å². The molecule has 0 spiro atoms. The molecular formula is C18H24ClNS. The van der Waals surface area contributed by atoms with Crippen molar-refractivity contribution in [2.24, 2.45) is 17.3 Å². The van der Waals surface area contributed by atoms with Gasteiger partial charge in [-0.1, -0.05) is 50.6 Å². The van der Waals surface area contributed by atoms with Crippen molar-refractivity contribution in [2.45, 2.75) is 51.0 Å². The monoisotopic (exact) mass is 321 g/mol. The molecule has 114 valence electrons. The van der Waals surface area contributed by atoms with Crippen LogP contribution in [0, 0.1) is 28.6 Å². The summed E-state index contributed by atoms with van der Waals surface area (Å²) in [6, 6.07) is 10.5. The van der Waals surface area contributed by atoms with Gasteiger partial charge in [-0.3, -0.25) is 0 Å². The first-order chi connectivity index (χ1) is 9.91. The molecule has 0 amide bonds. The largest absolute Gasteiger partial charge is 0.198 e. The Morgan fingerprint density at radius 2 is 2.00 bits per heavy atom. The van der Waals surface area contributed by atoms with Crippen LogP contribution in [0.3, 0.4) is 0 Å². The van der Waals surface area contributed by atoms with Crippen molar-refractivity contribution in [1.29, 1.82) is 5.26 Å². The summed E-state index contributed by atoms with van der Waals surface area (Å²) in [5.74, 6) is 1.81. The molecule has 0 heterocycles. The third-order valence-corrected chi connectivity index (χ3v) is 6.39. The molecule has 21 heavy (non-hydrogen) atoms. The minimum atomic E-state index is 0.191. The smallest absolute Gasteiger partial charge is 0.0667 e. The van der Waals surface area contributed by atoms with Crippen LogP contribution in [0.4, 0.5) is 0 Å². The van der Waals surface area contributed by atoms with Crippen LogP contribution < -0.4 is 0 Å². The van der Waals surface area contributed by atoms with Crippen LogP contribution in [0.25, 0.3) is 0 Å². The van der Waals surface area contributed by atoms with Crippen molar-refractivity contribution in [3.63, 3.8) is 0 Å². The maximum Gasteiger partial charge on any atom is 0.0667 e. The highest BCUT2D eigenvalue weighted by molar-refractivity contribution is 7.99. The molecule has 1 nitrogen and oxygen atoms in total. The van der Waals surface area contributed by atoms with Crippen molar-refractivity contribution in [1.82, 2.24) is 0 Å². The molecule has 1 fully saturated rings. The molecule has 3 unspecified atom stereocenters. The predicted octanol–water partition coefficient (Wildman–Crippen LogP) is 5.93. The van der Waals surface area contributed by atoms with E-state index in [4.69, 9.17) is 11.6 Å². The van der Waals surface area contributed by atoms with E-state index in [0.29, 0.717) is 16.6 Å². The van der Waals surface area contributed by atoms with E-state index < -0.39 is 0 Å². The topological polar surface area (TPSA) is 23.8 Å². The average molecular weight is 322 g/mol. The lowest BCUT2D eigenvalue weighted by atomic mass is 9.70. The molecule has 1 saturated carbocycles. The van der Waals surface area contributed by atoms with Gasteiger partial charge in [-0.25, -0.2) is 0 Å². The van der Waals surface area contributed by atoms with Crippen LogP contribution in [0.15, 0.2) is 24.3 Å². The number of nitrogens with zero attached hydrogens (tertiary/aromatic N) is 1. The average Bonchev–Trinajstić information content (AvgIpc) is 2.45. The normalized spacial score (nSPS) is 26.3. The van der Waals surface area contributed by atoms with Crippen LogP contribution in [0.1, 0.15) is 45.6 Å². The summed E-state index contributed by atoms with van der Waals surface area (Å²) in [4.78, 5) is 0. The zero-order chi connectivity index (χ0) is 15.5. The molecule has 0 aliphatic heterocycles. The fourth-order valence-corrected chi connectivity index (χ4v) is 4.78. The minimum absolute atomic E-state index is 0.191. The molecule has 1 aliphatic rings. The van der Waals surface area contributed by atoms with Crippen LogP contribution in [0.2, 0.25) is 5.02 Å². The predicted molar refractivity (Wildman–Crippen MR) is 92.4 cm³/mol. The van der Waals surface area contributed by atoms with E-state index in [-0.39, 0.29) is 5.92 Å². The number of thioether (sulfide) groups is 1. The van der Waals surface area contributed by atoms with Gasteiger partial charge >= 0.3 is 0 Å². The Morgan fingerprint density at radius 1 is 1.29 bits per heavy atom. The molecule has 0 bridgehead atoms. The molecule has 2 rings (SSSR count). The zero-order valence-electron chi connectivity index (χ0n) is 13.1. The molecule has 0 radical (unpaired) electrons. The Hall–Kier alpha value is -0.650. The van der Waals surface area contributed by atoms with E-state index in [1.165, 1.54) is 12.0 Å². The summed E-state index contributed by atoms with van der Waals surface area (Å²) in [5, 5.41) is 10.7. The molecule has 1 aromatic carbocycles. The highest BCUT2D eigenvalue weighted by Crippen LogP contribution is 2.44. The van der Waals surface area contributed by atoms with Gasteiger partial charge in [0.1, 0.15) is 0 Å². The van der Waals surface area contributed by atoms with Crippen molar-refractivity contribution < 1.29 is 0 Å². The maximum absolute atomic E-state index is 9.41. The number of halogens is 1. The molecule has 0 N–H and O–H groups in total. The standard InChI is InChI=1S/C18H24ClNS/c1-18(2,3)15-9-8-13(11-20)17(10-15)21-12-14-6-4-5-7-16(14)19/h4-7,13,15,17H,8-10,12H2,1-3H3. The number of hydrogen-bond donors (Lipinski definition) is 0. The Labute approximate surface area is 138 Å². The number of rotatable bonds is 3. The number of nitriles is 1. The van der Waals surface area contributed by atoms with Crippen molar-refractivity contribution in [3.8, 4) is 6.07 Å². The molecule has 1 aromatic rings. The van der Waals surface area contributed by atoms with E-state index >= 15 is 0 Å². The number of benzene rings is 1. The highest BCUT2D eigenvalue weighted by Gasteiger charge is 2.36. The second-order valence-corrected chi connectivity index (χ2v) is 8.69. The summed E-state index contributed by atoms with van der Waals surface area (Å²) in [6.07, 6.45) is 3.38. The number of hydrogen-bond acceptors (Lipinski definition) is 2. The van der Waals surface area contributed by atoms with Crippen LogP contribution in [-0.2, 0) is 5.75 Å². The quantitative estimate of drug-likeness (QED) is 0.689. The molecule has 3 atom stereocenters. The van der Waals surface area contributed by atoms with Gasteiger partial charge in [-0.15, -0.1) is 0 Å². The second kappa shape index (κ2) is 7.07. The molecular weight excluding hydrogens is 298 g/mol. The Bertz CT molecular complexity index is 515. The van der Waals surface area contributed by atoms with Crippen molar-refractivity contribution in [2.75, 3.05) is 0 Å². The minimum Gasteiger partial charge on any atom is -0.198 e. The van der Waals surface area contributed by atoms with E-state index in [1.807, 2.05) is 30.0 Å². The highest BCUT2D eigenvalue weighted by atomic mass is 35.5. The van der Waals surface area contributed by atoms with Gasteiger partial charge in [-0.05, 0) is 42.2 Å². The van der Waals surface area contributed by atoms with E-state index in [9.17, 15) is 5.26 Å². The third kappa shape index (κ3) is 4.41. The van der Waals surface area contributed by atoms with Crippen LogP contribution in [0.5, 0.6) is 0 Å². The Balaban J connectivity index is 2.02. The lowest BCUT2D eigenvalue weighted by molar-refractivity contribution is 0.169. The summed E-state index contributed by atoms with van der Waals surface area (Å²) < 4.78 is 0. The molecule has 0 saturated heterocycles. The maximum atomic E-state index is 9.41. The molecule has 1 aliphatic carbocycles. The first-order valence-electron chi connectivity index (χ1n) is 7.66. The van der Waals surface area contributed by atoms with Gasteiger partial charge in [-0.2, -0.15) is 17.0 Å². The fraction of sp³-hybridized carbons (Fsp3) is 0.611. The van der Waals surface area contributed by atoms with Gasteiger partial charge in [0, 0.05) is 16.0 Å². The van der Waals surface area contributed by atoms with Crippen LogP contribution in [-0.4, -0.2) is 5.25 Å². The Morgan fingerprint density at radius 3 is 2.62 bits per heavy atom. The zero-order valence-corrected chi connectivity index (χ0v) is 14.7. The molecule has 3 heteroatoms. The molecule has 0 aromatic heterocycles. The van der Waals surface area contributed by atoms with Gasteiger partial charge in [0.2, 0.25) is 0 Å². The van der Waals surface area contributed by atoms with Gasteiger partial charge in [0.25, 0.3) is 0 Å². The summed E-state index contributed by atoms with van der Waals surface area (Å²) in [7, 11) is 0. The first-order valence-corrected chi connectivity index (χ1v) is 9.09. The summed E-state index contributed by atoms with van der Waals surface area (Å²) in [5.41, 5.74) is 1.52. The second-order valence-electron chi connectivity index (χ2n) is 7.05. The lowest BCUT2D eigenvalue weighted by Gasteiger charge is -2.39. The first kappa shape index (κ1) is 16.7. The van der Waals surface area contributed by atoms with Gasteiger partial charge < -0.3 is 0 Å². The van der Waals surface area contributed by atoms with E-state index in [2.05, 4.69) is 32.9 Å². The fourth-order valence-electron chi connectivity index (χ4n) is 3.06. The summed E-state index contributed by atoms with van der Waals surface area (Å²) >= 11 is 8.15. The van der Waals surface area contributed by atoms with Crippen molar-refractivity contribution >= 4 is 23.4 Å².